The molecule has 11 nitrogen and oxygen atoms in total. The third-order valence-electron chi connectivity index (χ3n) is 4.90. The van der Waals surface area contributed by atoms with E-state index in [1.165, 1.54) is 38.5 Å². The first kappa shape index (κ1) is 26.4. The van der Waals surface area contributed by atoms with Gasteiger partial charge in [0.15, 0.2) is 11.5 Å². The third-order valence-corrected chi connectivity index (χ3v) is 6.25. The smallest absolute Gasteiger partial charge is 0.264 e. The van der Waals surface area contributed by atoms with Gasteiger partial charge >= 0.3 is 0 Å². The zero-order valence-corrected chi connectivity index (χ0v) is 21.1. The Kier molecular flexibility index (Phi) is 8.43. The Bertz CT molecular complexity index is 1340. The van der Waals surface area contributed by atoms with Crippen molar-refractivity contribution in [1.82, 2.24) is 9.97 Å². The number of carbonyl (C=O) groups is 2. The van der Waals surface area contributed by atoms with Gasteiger partial charge in [0.1, 0.15) is 0 Å². The first-order valence-corrected chi connectivity index (χ1v) is 12.3. The van der Waals surface area contributed by atoms with Gasteiger partial charge in [-0.3, -0.25) is 9.59 Å². The fraction of sp³-hybridized carbons (Fsp3) is 0.250. The van der Waals surface area contributed by atoms with Crippen LogP contribution in [0.5, 0.6) is 11.5 Å². The Morgan fingerprint density at radius 2 is 1.31 bits per heavy atom. The van der Waals surface area contributed by atoms with Crippen LogP contribution < -0.4 is 24.8 Å². The molecule has 0 unspecified atom stereocenters. The number of hydrogen-bond donors (Lipinski definition) is 3. The minimum atomic E-state index is -3.91. The molecule has 36 heavy (non-hydrogen) atoms. The molecule has 1 heterocycles. The summed E-state index contributed by atoms with van der Waals surface area (Å²) in [6.45, 7) is 3.48. The fourth-order valence-electron chi connectivity index (χ4n) is 3.26. The average Bonchev–Trinajstić information content (AvgIpc) is 2.82. The Balaban J connectivity index is 1.53. The lowest BCUT2D eigenvalue weighted by molar-refractivity contribution is -0.121. The summed E-state index contributed by atoms with van der Waals surface area (Å²) in [6, 6.07) is 12.3. The lowest BCUT2D eigenvalue weighted by Crippen LogP contribution is -2.18. The number of nitrogens with one attached hydrogen (secondary N) is 3. The molecule has 3 rings (SSSR count). The van der Waals surface area contributed by atoms with Gasteiger partial charge in [-0.2, -0.15) is 0 Å². The standard InChI is InChI=1S/C24H27N5O6S/c1-15-13-16(2)26-24(25-15)29-36(32,33)19-8-5-17(6-9-19)27-22(30)11-12-23(31)28-18-7-10-20(34-3)21(14-18)35-4/h5-10,13-14H,11-12H2,1-4H3,(H,27,30)(H,28,31)(H,25,26,29). The molecule has 0 radical (unpaired) electrons. The van der Waals surface area contributed by atoms with Crippen molar-refractivity contribution in [1.29, 1.82) is 0 Å². The minimum Gasteiger partial charge on any atom is -0.493 e. The van der Waals surface area contributed by atoms with E-state index in [1.807, 2.05) is 0 Å². The first-order valence-electron chi connectivity index (χ1n) is 10.9. The van der Waals surface area contributed by atoms with E-state index in [-0.39, 0.29) is 29.6 Å². The number of sulfonamides is 1. The molecule has 3 N–H and O–H groups in total. The topological polar surface area (TPSA) is 149 Å². The highest BCUT2D eigenvalue weighted by atomic mass is 32.2. The number of anilines is 3. The number of methoxy groups -OCH3 is 2. The number of hydrogen-bond acceptors (Lipinski definition) is 8. The Labute approximate surface area is 209 Å². The van der Waals surface area contributed by atoms with Crippen LogP contribution in [0.15, 0.2) is 53.4 Å². The van der Waals surface area contributed by atoms with E-state index in [0.717, 1.165) is 0 Å². The second-order valence-corrected chi connectivity index (χ2v) is 9.45. The molecule has 0 aliphatic rings. The normalized spacial score (nSPS) is 10.9. The Morgan fingerprint density at radius 3 is 1.86 bits per heavy atom. The van der Waals surface area contributed by atoms with E-state index in [4.69, 9.17) is 9.47 Å². The molecule has 12 heteroatoms. The molecular formula is C24H27N5O6S. The van der Waals surface area contributed by atoms with Gasteiger partial charge in [0.05, 0.1) is 19.1 Å². The Morgan fingerprint density at radius 1 is 0.778 bits per heavy atom. The summed E-state index contributed by atoms with van der Waals surface area (Å²) < 4.78 is 38.0. The fourth-order valence-corrected chi connectivity index (χ4v) is 4.20. The summed E-state index contributed by atoms with van der Waals surface area (Å²) in [6.07, 6.45) is -0.114. The number of rotatable bonds is 10. The average molecular weight is 514 g/mol. The molecule has 0 aliphatic heterocycles. The zero-order chi connectivity index (χ0) is 26.3. The molecule has 0 aliphatic carbocycles. The molecule has 0 saturated heterocycles. The van der Waals surface area contributed by atoms with Crippen LogP contribution in [0.25, 0.3) is 0 Å². The van der Waals surface area contributed by atoms with Gasteiger partial charge in [-0.15, -0.1) is 0 Å². The molecule has 1 aromatic heterocycles. The van der Waals surface area contributed by atoms with Gasteiger partial charge < -0.3 is 20.1 Å². The maximum absolute atomic E-state index is 12.6. The number of ether oxygens (including phenoxy) is 2. The minimum absolute atomic E-state index is 0.0162. The van der Waals surface area contributed by atoms with E-state index in [0.29, 0.717) is 34.3 Å². The number of aromatic nitrogens is 2. The van der Waals surface area contributed by atoms with Crippen molar-refractivity contribution in [2.24, 2.45) is 0 Å². The second kappa shape index (κ2) is 11.5. The van der Waals surface area contributed by atoms with Crippen LogP contribution in [-0.4, -0.2) is 44.4 Å². The molecule has 0 atom stereocenters. The van der Waals surface area contributed by atoms with Crippen molar-refractivity contribution < 1.29 is 27.5 Å². The van der Waals surface area contributed by atoms with Crippen molar-refractivity contribution in [2.75, 3.05) is 29.6 Å². The lowest BCUT2D eigenvalue weighted by Gasteiger charge is -2.11. The predicted octanol–water partition coefficient (Wildman–Crippen LogP) is 3.27. The first-order chi connectivity index (χ1) is 17.1. The van der Waals surface area contributed by atoms with Gasteiger partial charge in [0.25, 0.3) is 10.0 Å². The van der Waals surface area contributed by atoms with Crippen LogP contribution in [0.4, 0.5) is 17.3 Å². The van der Waals surface area contributed by atoms with Crippen molar-refractivity contribution in [3.8, 4) is 11.5 Å². The van der Waals surface area contributed by atoms with Crippen molar-refractivity contribution in [3.63, 3.8) is 0 Å². The quantitative estimate of drug-likeness (QED) is 0.374. The highest BCUT2D eigenvalue weighted by molar-refractivity contribution is 7.92. The number of amides is 2. The third kappa shape index (κ3) is 7.15. The van der Waals surface area contributed by atoms with Crippen LogP contribution in [0.3, 0.4) is 0 Å². The summed E-state index contributed by atoms with van der Waals surface area (Å²) in [4.78, 5) is 32.6. The van der Waals surface area contributed by atoms with E-state index < -0.39 is 15.9 Å². The van der Waals surface area contributed by atoms with Gasteiger partial charge in [-0.05, 0) is 56.3 Å². The van der Waals surface area contributed by atoms with Gasteiger partial charge in [-0.1, -0.05) is 0 Å². The summed E-state index contributed by atoms with van der Waals surface area (Å²) in [5.41, 5.74) is 2.17. The van der Waals surface area contributed by atoms with Crippen LogP contribution in [0, 0.1) is 13.8 Å². The molecule has 3 aromatic rings. The van der Waals surface area contributed by atoms with E-state index in [2.05, 4.69) is 25.3 Å². The summed E-state index contributed by atoms with van der Waals surface area (Å²) in [7, 11) is -0.905. The molecular weight excluding hydrogens is 486 g/mol. The van der Waals surface area contributed by atoms with Crippen molar-refractivity contribution in [2.45, 2.75) is 31.6 Å². The molecule has 190 valence electrons. The van der Waals surface area contributed by atoms with E-state index in [1.54, 1.807) is 38.1 Å². The number of benzene rings is 2. The van der Waals surface area contributed by atoms with Gasteiger partial charge in [-0.25, -0.2) is 23.1 Å². The molecule has 2 amide bonds. The van der Waals surface area contributed by atoms with Crippen LogP contribution in [0.1, 0.15) is 24.2 Å². The maximum atomic E-state index is 12.6. The molecule has 0 fully saturated rings. The zero-order valence-electron chi connectivity index (χ0n) is 20.3. The summed E-state index contributed by atoms with van der Waals surface area (Å²) >= 11 is 0. The lowest BCUT2D eigenvalue weighted by atomic mass is 10.2. The molecule has 0 saturated carbocycles. The molecule has 0 spiro atoms. The second-order valence-electron chi connectivity index (χ2n) is 7.77. The monoisotopic (exact) mass is 513 g/mol. The summed E-state index contributed by atoms with van der Waals surface area (Å²) in [5, 5.41) is 5.34. The predicted molar refractivity (Wildman–Crippen MR) is 135 cm³/mol. The van der Waals surface area contributed by atoms with Gasteiger partial charge in [0.2, 0.25) is 17.8 Å². The number of carbonyl (C=O) groups excluding carboxylic acids is 2. The number of nitrogens with zero attached hydrogens (tertiary/aromatic N) is 2. The van der Waals surface area contributed by atoms with Crippen molar-refractivity contribution >= 4 is 39.2 Å². The van der Waals surface area contributed by atoms with Gasteiger partial charge in [0, 0.05) is 41.7 Å². The summed E-state index contributed by atoms with van der Waals surface area (Å²) in [5.74, 6) is 0.239. The van der Waals surface area contributed by atoms with Crippen molar-refractivity contribution in [3.05, 3.63) is 59.9 Å². The Hall–Kier alpha value is -4.19. The van der Waals surface area contributed by atoms with Crippen LogP contribution in [0.2, 0.25) is 0 Å². The SMILES string of the molecule is COc1ccc(NC(=O)CCC(=O)Nc2ccc(S(=O)(=O)Nc3nc(C)cc(C)n3)cc2)cc1OC. The van der Waals surface area contributed by atoms with Crippen LogP contribution >= 0.6 is 0 Å². The van der Waals surface area contributed by atoms with E-state index in [9.17, 15) is 18.0 Å². The van der Waals surface area contributed by atoms with Crippen LogP contribution in [-0.2, 0) is 19.6 Å². The largest absolute Gasteiger partial charge is 0.493 e. The van der Waals surface area contributed by atoms with E-state index >= 15 is 0 Å². The highest BCUT2D eigenvalue weighted by Gasteiger charge is 2.17. The highest BCUT2D eigenvalue weighted by Crippen LogP contribution is 2.29. The number of aryl methyl sites for hydroxylation is 2. The molecule has 0 bridgehead atoms. The maximum Gasteiger partial charge on any atom is 0.264 e. The molecule has 2 aromatic carbocycles.